The second-order valence-electron chi connectivity index (χ2n) is 13.9. The van der Waals surface area contributed by atoms with Crippen molar-refractivity contribution in [2.24, 2.45) is 5.92 Å². The van der Waals surface area contributed by atoms with Gasteiger partial charge in [-0.15, -0.1) is 0 Å². The van der Waals surface area contributed by atoms with Crippen LogP contribution in [-0.4, -0.2) is 87.4 Å². The van der Waals surface area contributed by atoms with Crippen molar-refractivity contribution < 1.29 is 32.2 Å². The predicted octanol–water partition coefficient (Wildman–Crippen LogP) is 6.20. The Morgan fingerprint density at radius 2 is 1.93 bits per heavy atom. The molecule has 2 aliphatic heterocycles. The molecule has 3 heterocycles. The van der Waals surface area contributed by atoms with Crippen molar-refractivity contribution in [2.45, 2.75) is 89.8 Å². The van der Waals surface area contributed by atoms with Crippen LogP contribution in [0.3, 0.4) is 0 Å². The van der Waals surface area contributed by atoms with Crippen LogP contribution in [0, 0.1) is 5.92 Å². The minimum atomic E-state index is -3.10. The van der Waals surface area contributed by atoms with Gasteiger partial charge in [0, 0.05) is 43.9 Å². The third-order valence-corrected chi connectivity index (χ3v) is 14.0. The Balaban J connectivity index is 1.20. The molecule has 9 nitrogen and oxygen atoms in total. The zero-order valence-corrected chi connectivity index (χ0v) is 28.4. The Labute approximate surface area is 266 Å². The highest BCUT2D eigenvalue weighted by Crippen LogP contribution is 2.38. The first-order chi connectivity index (χ1) is 21.3. The van der Waals surface area contributed by atoms with Gasteiger partial charge < -0.3 is 33.4 Å². The number of carbonyl (C=O) groups excluding carboxylic acids is 1. The molecule has 1 aromatic carbocycles. The van der Waals surface area contributed by atoms with Gasteiger partial charge in [0.15, 0.2) is 8.32 Å². The number of fused-ring (bicyclic) bond motifs is 1. The van der Waals surface area contributed by atoms with Crippen LogP contribution >= 0.6 is 0 Å². The summed E-state index contributed by atoms with van der Waals surface area (Å²) in [5.74, 6) is 0.699. The lowest BCUT2D eigenvalue weighted by Crippen LogP contribution is -2.44. The molecule has 45 heavy (non-hydrogen) atoms. The predicted molar refractivity (Wildman–Crippen MR) is 172 cm³/mol. The quantitative estimate of drug-likeness (QED) is 0.260. The van der Waals surface area contributed by atoms with E-state index in [1.807, 2.05) is 16.8 Å². The summed E-state index contributed by atoms with van der Waals surface area (Å²) in [4.78, 5) is 20.0. The topological polar surface area (TPSA) is 87.1 Å². The summed E-state index contributed by atoms with van der Waals surface area (Å²) in [5.41, 5.74) is 1.18. The average molecular weight is 647 g/mol. The number of likely N-dealkylation sites (tertiary alicyclic amines) is 1. The van der Waals surface area contributed by atoms with E-state index in [2.05, 4.69) is 49.1 Å². The largest absolute Gasteiger partial charge is 0.496 e. The summed E-state index contributed by atoms with van der Waals surface area (Å²) in [5, 5.41) is 3.04. The first-order valence-corrected chi connectivity index (χ1v) is 19.0. The van der Waals surface area contributed by atoms with E-state index < -0.39 is 20.8 Å². The Kier molecular flexibility index (Phi) is 10.4. The van der Waals surface area contributed by atoms with Gasteiger partial charge in [0.25, 0.3) is 5.91 Å². The molecular formula is C33H48F2N4O5Si. The Morgan fingerprint density at radius 3 is 2.62 bits per heavy atom. The number of alkyl halides is 2. The SMILES string of the molecule is COc1cc(-c2cnc3n2C=CC(OC[C@H]2CCCN(CCO[Si](C)(C)C(C)(C)C)C2)C3)cc(OC(F)F)c1C(=O)NC1CC1. The molecule has 1 saturated heterocycles. The van der Waals surface area contributed by atoms with Crippen LogP contribution in [-0.2, 0) is 15.6 Å². The van der Waals surface area contributed by atoms with Crippen molar-refractivity contribution in [1.29, 1.82) is 0 Å². The fourth-order valence-electron chi connectivity index (χ4n) is 5.67. The van der Waals surface area contributed by atoms with Gasteiger partial charge in [-0.3, -0.25) is 4.79 Å². The molecule has 1 N–H and O–H groups in total. The normalized spacial score (nSPS) is 20.7. The van der Waals surface area contributed by atoms with Crippen molar-refractivity contribution in [3.05, 3.63) is 35.8 Å². The molecule has 1 aromatic heterocycles. The number of piperidine rings is 1. The van der Waals surface area contributed by atoms with Gasteiger partial charge in [0.2, 0.25) is 0 Å². The minimum Gasteiger partial charge on any atom is -0.496 e. The first kappa shape index (κ1) is 33.6. The number of nitrogens with one attached hydrogen (secondary N) is 1. The maximum Gasteiger partial charge on any atom is 0.387 e. The number of halogens is 2. The van der Waals surface area contributed by atoms with Crippen LogP contribution in [0.25, 0.3) is 17.5 Å². The zero-order valence-electron chi connectivity index (χ0n) is 27.4. The molecule has 1 saturated carbocycles. The molecule has 2 atom stereocenters. The number of methoxy groups -OCH3 is 1. The molecule has 1 aliphatic carbocycles. The summed E-state index contributed by atoms with van der Waals surface area (Å²) in [7, 11) is -0.339. The number of carbonyl (C=O) groups is 1. The second kappa shape index (κ2) is 13.9. The van der Waals surface area contributed by atoms with Gasteiger partial charge in [-0.25, -0.2) is 4.98 Å². The third-order valence-electron chi connectivity index (χ3n) is 9.47. The number of benzene rings is 1. The lowest BCUT2D eigenvalue weighted by atomic mass is 9.99. The van der Waals surface area contributed by atoms with E-state index >= 15 is 0 Å². The minimum absolute atomic E-state index is 0.0414. The van der Waals surface area contributed by atoms with Gasteiger partial charge in [0.1, 0.15) is 22.9 Å². The molecule has 2 fully saturated rings. The average Bonchev–Trinajstić information content (AvgIpc) is 3.69. The Hall–Kier alpha value is -2.80. The Morgan fingerprint density at radius 1 is 1.18 bits per heavy atom. The molecule has 12 heteroatoms. The standard InChI is InChI=1S/C33H48F2N4O5Si/c1-33(2,3)45(5,6)43-15-14-38-12-7-8-22(20-38)21-42-25-11-13-39-26(19-36-29(39)18-25)23-16-27(41-4)30(28(17-23)44-32(34)35)31(40)37-24-9-10-24/h11,13,16-17,19,22,24-25,32H,7-10,12,14-15,18,20-21H2,1-6H3,(H,37,40)/t22-,25?/m0/s1. The Bertz CT molecular complexity index is 1370. The highest BCUT2D eigenvalue weighted by atomic mass is 28.4. The van der Waals surface area contributed by atoms with Crippen LogP contribution < -0.4 is 14.8 Å². The van der Waals surface area contributed by atoms with Gasteiger partial charge in [-0.05, 0) is 74.5 Å². The molecule has 5 rings (SSSR count). The van der Waals surface area contributed by atoms with Crippen molar-refractivity contribution >= 4 is 20.4 Å². The van der Waals surface area contributed by atoms with Gasteiger partial charge in [-0.2, -0.15) is 8.78 Å². The van der Waals surface area contributed by atoms with E-state index in [0.717, 1.165) is 57.7 Å². The number of hydrogen-bond donors (Lipinski definition) is 1. The molecule has 0 bridgehead atoms. The maximum absolute atomic E-state index is 13.4. The van der Waals surface area contributed by atoms with E-state index in [1.54, 1.807) is 12.3 Å². The molecule has 3 aliphatic rings. The highest BCUT2D eigenvalue weighted by Gasteiger charge is 2.37. The number of nitrogens with zero attached hydrogens (tertiary/aromatic N) is 3. The van der Waals surface area contributed by atoms with E-state index in [0.29, 0.717) is 30.2 Å². The number of amides is 1. The molecular weight excluding hydrogens is 598 g/mol. The van der Waals surface area contributed by atoms with Gasteiger partial charge in [0.05, 0.1) is 31.7 Å². The number of rotatable bonds is 13. The van der Waals surface area contributed by atoms with Crippen molar-refractivity contribution in [3.8, 4) is 22.8 Å². The molecule has 248 valence electrons. The lowest BCUT2D eigenvalue weighted by Gasteiger charge is -2.38. The lowest BCUT2D eigenvalue weighted by molar-refractivity contribution is -0.0502. The maximum atomic E-state index is 13.4. The number of hydrogen-bond acceptors (Lipinski definition) is 7. The highest BCUT2D eigenvalue weighted by molar-refractivity contribution is 6.74. The van der Waals surface area contributed by atoms with E-state index in [4.69, 9.17) is 18.6 Å². The smallest absolute Gasteiger partial charge is 0.387 e. The summed E-state index contributed by atoms with van der Waals surface area (Å²) < 4.78 is 51.7. The van der Waals surface area contributed by atoms with Crippen LogP contribution in [0.5, 0.6) is 11.5 Å². The van der Waals surface area contributed by atoms with Gasteiger partial charge in [-0.1, -0.05) is 20.8 Å². The van der Waals surface area contributed by atoms with Crippen LogP contribution in [0.4, 0.5) is 8.78 Å². The molecule has 0 spiro atoms. The molecule has 0 radical (unpaired) electrons. The fraction of sp³-hybridized carbons (Fsp3) is 0.636. The monoisotopic (exact) mass is 646 g/mol. The summed E-state index contributed by atoms with van der Waals surface area (Å²) in [6, 6.07) is 3.16. The van der Waals surface area contributed by atoms with Crippen molar-refractivity contribution in [2.75, 3.05) is 40.0 Å². The van der Waals surface area contributed by atoms with Gasteiger partial charge >= 0.3 is 6.61 Å². The third kappa shape index (κ3) is 8.32. The fourth-order valence-corrected chi connectivity index (χ4v) is 6.70. The van der Waals surface area contributed by atoms with Crippen LogP contribution in [0.15, 0.2) is 24.4 Å². The van der Waals surface area contributed by atoms with E-state index in [9.17, 15) is 13.6 Å². The van der Waals surface area contributed by atoms with E-state index in [-0.39, 0.29) is 34.2 Å². The number of ether oxygens (including phenoxy) is 3. The van der Waals surface area contributed by atoms with Crippen molar-refractivity contribution in [1.82, 2.24) is 19.8 Å². The first-order valence-electron chi connectivity index (χ1n) is 16.0. The molecule has 1 amide bonds. The second-order valence-corrected chi connectivity index (χ2v) is 18.8. The zero-order chi connectivity index (χ0) is 32.4. The van der Waals surface area contributed by atoms with E-state index in [1.165, 1.54) is 13.2 Å². The number of imidazole rings is 1. The van der Waals surface area contributed by atoms with Crippen LogP contribution in [0.2, 0.25) is 18.1 Å². The van der Waals surface area contributed by atoms with Crippen molar-refractivity contribution in [3.63, 3.8) is 0 Å². The summed E-state index contributed by atoms with van der Waals surface area (Å²) in [6.45, 7) is 12.8. The molecule has 1 unspecified atom stereocenters. The number of aromatic nitrogens is 2. The molecule has 2 aromatic rings. The summed E-state index contributed by atoms with van der Waals surface area (Å²) >= 11 is 0. The van der Waals surface area contributed by atoms with Crippen LogP contribution in [0.1, 0.15) is 62.6 Å². The summed E-state index contributed by atoms with van der Waals surface area (Å²) in [6.07, 6.45) is 10.1.